The van der Waals surface area contributed by atoms with Gasteiger partial charge in [0.2, 0.25) is 0 Å². The van der Waals surface area contributed by atoms with Crippen LogP contribution in [0.5, 0.6) is 0 Å². The van der Waals surface area contributed by atoms with Crippen LogP contribution in [0.1, 0.15) is 29.9 Å². The molecular formula is C18H17NO2. The van der Waals surface area contributed by atoms with Gasteiger partial charge in [-0.15, -0.1) is 0 Å². The van der Waals surface area contributed by atoms with Gasteiger partial charge in [0.15, 0.2) is 0 Å². The number of amides is 1. The number of hydrogen-bond acceptors (Lipinski definition) is 2. The van der Waals surface area contributed by atoms with E-state index in [1.807, 2.05) is 12.1 Å². The third-order valence-electron chi connectivity index (χ3n) is 4.24. The summed E-state index contributed by atoms with van der Waals surface area (Å²) < 4.78 is 5.44. The van der Waals surface area contributed by atoms with Crippen LogP contribution in [0.15, 0.2) is 48.5 Å². The Hall–Kier alpha value is -2.29. The number of nitrogens with one attached hydrogen (secondary N) is 1. The maximum Gasteiger partial charge on any atom is 0.407 e. The molecule has 0 unspecified atom stereocenters. The van der Waals surface area contributed by atoms with Crippen LogP contribution in [0.4, 0.5) is 4.79 Å². The zero-order valence-electron chi connectivity index (χ0n) is 11.7. The molecular weight excluding hydrogens is 262 g/mol. The van der Waals surface area contributed by atoms with E-state index in [-0.39, 0.29) is 12.0 Å². The lowest BCUT2D eigenvalue weighted by atomic mass is 9.98. The van der Waals surface area contributed by atoms with E-state index in [1.54, 1.807) is 0 Å². The molecule has 1 fully saturated rings. The van der Waals surface area contributed by atoms with Crippen molar-refractivity contribution in [3.8, 4) is 11.1 Å². The average molecular weight is 279 g/mol. The minimum atomic E-state index is -0.292. The lowest BCUT2D eigenvalue weighted by Crippen LogP contribution is -2.27. The van der Waals surface area contributed by atoms with Crippen LogP contribution in [0.25, 0.3) is 11.1 Å². The van der Waals surface area contributed by atoms with E-state index in [1.165, 1.54) is 22.3 Å². The van der Waals surface area contributed by atoms with Crippen LogP contribution in [0, 0.1) is 0 Å². The van der Waals surface area contributed by atoms with Crippen molar-refractivity contribution < 1.29 is 9.53 Å². The first-order chi connectivity index (χ1) is 10.3. The van der Waals surface area contributed by atoms with Crippen molar-refractivity contribution in [1.29, 1.82) is 0 Å². The van der Waals surface area contributed by atoms with E-state index in [4.69, 9.17) is 4.74 Å². The van der Waals surface area contributed by atoms with Crippen molar-refractivity contribution in [2.45, 2.75) is 24.8 Å². The normalized spacial score (nSPS) is 16.2. The zero-order valence-corrected chi connectivity index (χ0v) is 11.7. The molecule has 1 saturated carbocycles. The van der Waals surface area contributed by atoms with Gasteiger partial charge in [0.05, 0.1) is 0 Å². The van der Waals surface area contributed by atoms with Gasteiger partial charge in [-0.25, -0.2) is 4.79 Å². The Labute approximate surface area is 123 Å². The zero-order chi connectivity index (χ0) is 14.2. The Morgan fingerprint density at radius 1 is 1.00 bits per heavy atom. The lowest BCUT2D eigenvalue weighted by molar-refractivity contribution is 0.142. The molecule has 0 aliphatic heterocycles. The average Bonchev–Trinajstić information content (AvgIpc) is 3.27. The second-order valence-electron chi connectivity index (χ2n) is 5.74. The van der Waals surface area contributed by atoms with Gasteiger partial charge in [0.1, 0.15) is 6.61 Å². The number of hydrogen-bond donors (Lipinski definition) is 1. The largest absolute Gasteiger partial charge is 0.449 e. The fourth-order valence-electron chi connectivity index (χ4n) is 3.03. The van der Waals surface area contributed by atoms with Crippen molar-refractivity contribution in [2.75, 3.05) is 6.61 Å². The number of rotatable bonds is 3. The monoisotopic (exact) mass is 279 g/mol. The molecule has 2 aromatic carbocycles. The topological polar surface area (TPSA) is 38.3 Å². The highest BCUT2D eigenvalue weighted by Crippen LogP contribution is 2.44. The predicted molar refractivity (Wildman–Crippen MR) is 81.2 cm³/mol. The van der Waals surface area contributed by atoms with Crippen LogP contribution in [0.2, 0.25) is 0 Å². The van der Waals surface area contributed by atoms with Crippen molar-refractivity contribution in [1.82, 2.24) is 5.32 Å². The molecule has 0 radical (unpaired) electrons. The summed E-state index contributed by atoms with van der Waals surface area (Å²) in [6, 6.07) is 17.1. The van der Waals surface area contributed by atoms with E-state index in [0.717, 1.165) is 12.8 Å². The molecule has 21 heavy (non-hydrogen) atoms. The van der Waals surface area contributed by atoms with Gasteiger partial charge in [-0.3, -0.25) is 0 Å². The first kappa shape index (κ1) is 12.5. The molecule has 2 aliphatic carbocycles. The third-order valence-corrected chi connectivity index (χ3v) is 4.24. The summed E-state index contributed by atoms with van der Waals surface area (Å²) >= 11 is 0. The predicted octanol–water partition coefficient (Wildman–Crippen LogP) is 3.69. The van der Waals surface area contributed by atoms with Gasteiger partial charge >= 0.3 is 6.09 Å². The van der Waals surface area contributed by atoms with Crippen LogP contribution in [-0.2, 0) is 4.74 Å². The first-order valence-electron chi connectivity index (χ1n) is 7.44. The summed E-state index contributed by atoms with van der Waals surface area (Å²) in [5.74, 6) is 0.141. The highest BCUT2D eigenvalue weighted by atomic mass is 16.5. The second kappa shape index (κ2) is 4.92. The van der Waals surface area contributed by atoms with Gasteiger partial charge in [0, 0.05) is 12.0 Å². The van der Waals surface area contributed by atoms with E-state index in [9.17, 15) is 4.79 Å². The minimum absolute atomic E-state index is 0.141. The fourth-order valence-corrected chi connectivity index (χ4v) is 3.03. The van der Waals surface area contributed by atoms with Gasteiger partial charge in [-0.05, 0) is 35.1 Å². The molecule has 0 bridgehead atoms. The Morgan fingerprint density at radius 2 is 1.57 bits per heavy atom. The lowest BCUT2D eigenvalue weighted by Gasteiger charge is -2.14. The maximum absolute atomic E-state index is 11.7. The number of fused-ring (bicyclic) bond motifs is 3. The van der Waals surface area contributed by atoms with Crippen LogP contribution in [-0.4, -0.2) is 18.7 Å². The van der Waals surface area contributed by atoms with E-state index in [0.29, 0.717) is 12.6 Å². The molecule has 0 aromatic heterocycles. The number of benzene rings is 2. The van der Waals surface area contributed by atoms with E-state index in [2.05, 4.69) is 41.7 Å². The molecule has 0 heterocycles. The van der Waals surface area contributed by atoms with E-state index < -0.39 is 0 Å². The smallest absolute Gasteiger partial charge is 0.407 e. The highest BCUT2D eigenvalue weighted by molar-refractivity contribution is 5.79. The first-order valence-corrected chi connectivity index (χ1v) is 7.44. The summed E-state index contributed by atoms with van der Waals surface area (Å²) in [5.41, 5.74) is 5.00. The van der Waals surface area contributed by atoms with E-state index >= 15 is 0 Å². The number of carbonyl (C=O) groups excluding carboxylic acids is 1. The van der Waals surface area contributed by atoms with Crippen molar-refractivity contribution in [2.24, 2.45) is 0 Å². The summed E-state index contributed by atoms with van der Waals surface area (Å²) in [6.45, 7) is 0.395. The summed E-state index contributed by atoms with van der Waals surface area (Å²) in [5, 5.41) is 2.86. The van der Waals surface area contributed by atoms with Crippen molar-refractivity contribution in [3.63, 3.8) is 0 Å². The number of alkyl carbamates (subject to hydrolysis) is 1. The van der Waals surface area contributed by atoms with Crippen molar-refractivity contribution >= 4 is 6.09 Å². The molecule has 106 valence electrons. The van der Waals surface area contributed by atoms with Gasteiger partial charge < -0.3 is 10.1 Å². The molecule has 1 amide bonds. The maximum atomic E-state index is 11.7. The molecule has 0 atom stereocenters. The molecule has 3 heteroatoms. The Kier molecular flexibility index (Phi) is 2.92. The Bertz CT molecular complexity index is 646. The molecule has 0 saturated heterocycles. The SMILES string of the molecule is O=C(NC1CC1)OCC1c2ccccc2-c2ccccc21. The van der Waals surface area contributed by atoms with Crippen LogP contribution < -0.4 is 5.32 Å². The Balaban J connectivity index is 1.57. The number of carbonyl (C=O) groups is 1. The van der Waals surface area contributed by atoms with Crippen molar-refractivity contribution in [3.05, 3.63) is 59.7 Å². The summed E-state index contributed by atoms with van der Waals surface area (Å²) in [7, 11) is 0. The standard InChI is InChI=1S/C18H17NO2/c20-18(19-12-9-10-12)21-11-17-15-7-3-1-5-13(15)14-6-2-4-8-16(14)17/h1-8,12,17H,9-11H2,(H,19,20). The van der Waals surface area contributed by atoms with Crippen LogP contribution in [0.3, 0.4) is 0 Å². The Morgan fingerprint density at radius 3 is 2.14 bits per heavy atom. The quantitative estimate of drug-likeness (QED) is 0.930. The highest BCUT2D eigenvalue weighted by Gasteiger charge is 2.30. The third kappa shape index (κ3) is 2.29. The molecule has 4 rings (SSSR count). The molecule has 3 nitrogen and oxygen atoms in total. The number of ether oxygens (including phenoxy) is 1. The van der Waals surface area contributed by atoms with Gasteiger partial charge in [-0.1, -0.05) is 48.5 Å². The summed E-state index contributed by atoms with van der Waals surface area (Å²) in [6.07, 6.45) is 1.85. The van der Waals surface area contributed by atoms with Gasteiger partial charge in [0.25, 0.3) is 0 Å². The van der Waals surface area contributed by atoms with Crippen LogP contribution >= 0.6 is 0 Å². The molecule has 2 aliphatic rings. The second-order valence-corrected chi connectivity index (χ2v) is 5.74. The fraction of sp³-hybridized carbons (Fsp3) is 0.278. The molecule has 1 N–H and O–H groups in total. The minimum Gasteiger partial charge on any atom is -0.449 e. The summed E-state index contributed by atoms with van der Waals surface area (Å²) in [4.78, 5) is 11.7. The van der Waals surface area contributed by atoms with Gasteiger partial charge in [-0.2, -0.15) is 0 Å². The molecule has 2 aromatic rings. The molecule has 0 spiro atoms.